The Morgan fingerprint density at radius 3 is 2.48 bits per heavy atom. The molecule has 0 spiro atoms. The summed E-state index contributed by atoms with van der Waals surface area (Å²) in [5.74, 6) is 0.603. The molecule has 0 bridgehead atoms. The Balaban J connectivity index is 2.94. The zero-order valence-corrected chi connectivity index (χ0v) is 14.3. The lowest BCUT2D eigenvalue weighted by Crippen LogP contribution is -2.36. The SMILES string of the molecule is C=CCN(C(C)C)S(=O)(=O)c1ccc(CNC(C)(C)C)o1. The molecule has 0 aliphatic carbocycles. The minimum absolute atomic E-state index is 0.0243. The number of sulfonamides is 1. The van der Waals surface area contributed by atoms with E-state index in [4.69, 9.17) is 4.42 Å². The number of rotatable bonds is 7. The Bertz CT molecular complexity index is 568. The van der Waals surface area contributed by atoms with Crippen LogP contribution < -0.4 is 5.32 Å². The van der Waals surface area contributed by atoms with E-state index in [2.05, 4.69) is 11.9 Å². The van der Waals surface area contributed by atoms with E-state index in [1.54, 1.807) is 12.1 Å². The molecule has 0 saturated heterocycles. The van der Waals surface area contributed by atoms with E-state index in [0.717, 1.165) is 0 Å². The van der Waals surface area contributed by atoms with E-state index in [0.29, 0.717) is 12.3 Å². The van der Waals surface area contributed by atoms with Crippen molar-refractivity contribution in [3.63, 3.8) is 0 Å². The molecule has 0 saturated carbocycles. The van der Waals surface area contributed by atoms with Crippen molar-refractivity contribution >= 4 is 10.0 Å². The summed E-state index contributed by atoms with van der Waals surface area (Å²) in [6.07, 6.45) is 1.57. The lowest BCUT2D eigenvalue weighted by atomic mass is 10.1. The molecule has 0 aromatic carbocycles. The molecule has 6 heteroatoms. The van der Waals surface area contributed by atoms with Gasteiger partial charge in [-0.05, 0) is 46.8 Å². The summed E-state index contributed by atoms with van der Waals surface area (Å²) in [6, 6.07) is 3.04. The van der Waals surface area contributed by atoms with Crippen LogP contribution in [-0.4, -0.2) is 30.8 Å². The first kappa shape index (κ1) is 17.9. The number of furan rings is 1. The predicted molar refractivity (Wildman–Crippen MR) is 84.5 cm³/mol. The summed E-state index contributed by atoms with van der Waals surface area (Å²) >= 11 is 0. The van der Waals surface area contributed by atoms with Crippen LogP contribution in [0.25, 0.3) is 0 Å². The van der Waals surface area contributed by atoms with Crippen molar-refractivity contribution in [1.29, 1.82) is 0 Å². The van der Waals surface area contributed by atoms with Gasteiger partial charge in [0.1, 0.15) is 5.76 Å². The quantitative estimate of drug-likeness (QED) is 0.786. The van der Waals surface area contributed by atoms with Crippen molar-refractivity contribution in [3.05, 3.63) is 30.5 Å². The molecule has 1 N–H and O–H groups in total. The molecule has 0 aliphatic heterocycles. The fourth-order valence-electron chi connectivity index (χ4n) is 1.77. The Labute approximate surface area is 128 Å². The standard InChI is InChI=1S/C15H26N2O3S/c1-7-10-17(12(2)3)21(18,19)14-9-8-13(20-14)11-16-15(4,5)6/h7-9,12,16H,1,10-11H2,2-6H3. The van der Waals surface area contributed by atoms with E-state index < -0.39 is 10.0 Å². The highest BCUT2D eigenvalue weighted by Gasteiger charge is 2.29. The maximum atomic E-state index is 12.5. The lowest BCUT2D eigenvalue weighted by molar-refractivity contribution is 0.336. The van der Waals surface area contributed by atoms with Crippen molar-refractivity contribution in [3.8, 4) is 0 Å². The van der Waals surface area contributed by atoms with Crippen LogP contribution in [0.3, 0.4) is 0 Å². The summed E-state index contributed by atoms with van der Waals surface area (Å²) in [7, 11) is -3.63. The molecule has 0 radical (unpaired) electrons. The van der Waals surface area contributed by atoms with E-state index in [1.165, 1.54) is 10.4 Å². The normalized spacial score (nSPS) is 13.1. The molecule has 1 aromatic heterocycles. The molecule has 21 heavy (non-hydrogen) atoms. The summed E-state index contributed by atoms with van der Waals surface area (Å²) in [5.41, 5.74) is -0.0569. The van der Waals surface area contributed by atoms with Gasteiger partial charge in [0, 0.05) is 18.1 Å². The van der Waals surface area contributed by atoms with Crippen molar-refractivity contribution in [2.45, 2.75) is 57.8 Å². The van der Waals surface area contributed by atoms with E-state index in [-0.39, 0.29) is 23.2 Å². The highest BCUT2D eigenvalue weighted by Crippen LogP contribution is 2.21. The first-order valence-electron chi connectivity index (χ1n) is 7.04. The highest BCUT2D eigenvalue weighted by atomic mass is 32.2. The van der Waals surface area contributed by atoms with Crippen LogP contribution in [0.4, 0.5) is 0 Å². The summed E-state index contributed by atoms with van der Waals surface area (Å²) < 4.78 is 31.9. The second-order valence-corrected chi connectivity index (χ2v) is 8.10. The molecule has 1 heterocycles. The van der Waals surface area contributed by atoms with Crippen LogP contribution in [-0.2, 0) is 16.6 Å². The fourth-order valence-corrected chi connectivity index (χ4v) is 3.31. The smallest absolute Gasteiger partial charge is 0.276 e. The van der Waals surface area contributed by atoms with Crippen molar-refractivity contribution in [2.75, 3.05) is 6.54 Å². The summed E-state index contributed by atoms with van der Waals surface area (Å²) in [5, 5.41) is 3.24. The van der Waals surface area contributed by atoms with Gasteiger partial charge in [0.05, 0.1) is 6.54 Å². The van der Waals surface area contributed by atoms with E-state index in [9.17, 15) is 8.42 Å². The number of nitrogens with one attached hydrogen (secondary N) is 1. The molecular formula is C15H26N2O3S. The zero-order chi connectivity index (χ0) is 16.3. The summed E-state index contributed by atoms with van der Waals surface area (Å²) in [4.78, 5) is 0. The van der Waals surface area contributed by atoms with Gasteiger partial charge >= 0.3 is 0 Å². The largest absolute Gasteiger partial charge is 0.447 e. The molecule has 1 aromatic rings. The second-order valence-electron chi connectivity index (χ2n) is 6.28. The first-order valence-corrected chi connectivity index (χ1v) is 8.48. The molecule has 0 atom stereocenters. The van der Waals surface area contributed by atoms with Crippen LogP contribution >= 0.6 is 0 Å². The van der Waals surface area contributed by atoms with Gasteiger partial charge in [-0.15, -0.1) is 6.58 Å². The van der Waals surface area contributed by atoms with Crippen LogP contribution in [0, 0.1) is 0 Å². The maximum absolute atomic E-state index is 12.5. The van der Waals surface area contributed by atoms with Gasteiger partial charge in [-0.2, -0.15) is 4.31 Å². The lowest BCUT2D eigenvalue weighted by Gasteiger charge is -2.23. The molecule has 0 unspecified atom stereocenters. The number of hydrogen-bond acceptors (Lipinski definition) is 4. The molecule has 0 amide bonds. The second kappa shape index (κ2) is 6.77. The van der Waals surface area contributed by atoms with Gasteiger partial charge in [-0.1, -0.05) is 6.08 Å². The maximum Gasteiger partial charge on any atom is 0.276 e. The minimum Gasteiger partial charge on any atom is -0.447 e. The Morgan fingerprint density at radius 1 is 1.38 bits per heavy atom. The van der Waals surface area contributed by atoms with Crippen molar-refractivity contribution in [2.24, 2.45) is 0 Å². The topological polar surface area (TPSA) is 62.6 Å². The molecule has 5 nitrogen and oxygen atoms in total. The zero-order valence-electron chi connectivity index (χ0n) is 13.5. The van der Waals surface area contributed by atoms with Crippen LogP contribution in [0.1, 0.15) is 40.4 Å². The fraction of sp³-hybridized carbons (Fsp3) is 0.600. The van der Waals surface area contributed by atoms with Crippen LogP contribution in [0.15, 0.2) is 34.3 Å². The van der Waals surface area contributed by atoms with Crippen LogP contribution in [0.2, 0.25) is 0 Å². The Morgan fingerprint density at radius 2 is 2.00 bits per heavy atom. The third kappa shape index (κ3) is 4.98. The highest BCUT2D eigenvalue weighted by molar-refractivity contribution is 7.89. The monoisotopic (exact) mass is 314 g/mol. The third-order valence-corrected chi connectivity index (χ3v) is 4.79. The average Bonchev–Trinajstić information content (AvgIpc) is 2.81. The predicted octanol–water partition coefficient (Wildman–Crippen LogP) is 2.75. The van der Waals surface area contributed by atoms with Gasteiger partial charge in [0.2, 0.25) is 5.09 Å². The average molecular weight is 314 g/mol. The van der Waals surface area contributed by atoms with Crippen molar-refractivity contribution in [1.82, 2.24) is 9.62 Å². The third-order valence-electron chi connectivity index (χ3n) is 2.88. The molecule has 0 fully saturated rings. The molecule has 120 valence electrons. The number of nitrogens with zero attached hydrogens (tertiary/aromatic N) is 1. The van der Waals surface area contributed by atoms with Crippen LogP contribution in [0.5, 0.6) is 0 Å². The van der Waals surface area contributed by atoms with E-state index >= 15 is 0 Å². The van der Waals surface area contributed by atoms with Crippen molar-refractivity contribution < 1.29 is 12.8 Å². The first-order chi connectivity index (χ1) is 9.58. The number of hydrogen-bond donors (Lipinski definition) is 1. The summed E-state index contributed by atoms with van der Waals surface area (Å²) in [6.45, 7) is 14.1. The molecular weight excluding hydrogens is 288 g/mol. The minimum atomic E-state index is -3.63. The van der Waals surface area contributed by atoms with Gasteiger partial charge in [0.25, 0.3) is 10.0 Å². The molecule has 1 rings (SSSR count). The Kier molecular flexibility index (Phi) is 5.78. The van der Waals surface area contributed by atoms with Gasteiger partial charge < -0.3 is 9.73 Å². The Hall–Kier alpha value is -1.11. The molecule has 0 aliphatic rings. The van der Waals surface area contributed by atoms with Gasteiger partial charge in [0.15, 0.2) is 0 Å². The van der Waals surface area contributed by atoms with E-state index in [1.807, 2.05) is 34.6 Å². The van der Waals surface area contributed by atoms with Gasteiger partial charge in [-0.3, -0.25) is 0 Å². The van der Waals surface area contributed by atoms with Gasteiger partial charge in [-0.25, -0.2) is 8.42 Å².